The quantitative estimate of drug-likeness (QED) is 0.276. The van der Waals surface area contributed by atoms with Crippen molar-refractivity contribution in [2.24, 2.45) is 21.7 Å². The Morgan fingerprint density at radius 3 is 1.57 bits per heavy atom. The van der Waals surface area contributed by atoms with Gasteiger partial charge in [0.2, 0.25) is 5.91 Å². The Morgan fingerprint density at radius 2 is 1.13 bits per heavy atom. The standard InChI is InChI=1S/C20H27NO3.C20H29NO2/c1-18(2,3)24-16(22)12-19(4)14-21(17(23)20(19)10-11-20)13-15-8-6-5-7-9-15;1-18(2,3)23-17(22)12-19(4)14-21(15-20(19)10-11-20)13-16-8-6-5-7-9-16/h5-9H,10-14H2,1-4H3;5-9H,10-15H2,1-4H3. The minimum atomic E-state index is -0.490. The number of nitrogens with zero attached hydrogens (tertiary/aromatic N) is 2. The van der Waals surface area contributed by atoms with Crippen LogP contribution in [0.1, 0.15) is 105 Å². The van der Waals surface area contributed by atoms with Crippen molar-refractivity contribution in [1.29, 1.82) is 0 Å². The van der Waals surface area contributed by atoms with Gasteiger partial charge in [-0.1, -0.05) is 74.5 Å². The number of hydrogen-bond donors (Lipinski definition) is 0. The van der Waals surface area contributed by atoms with Crippen LogP contribution in [0.2, 0.25) is 0 Å². The highest BCUT2D eigenvalue weighted by atomic mass is 16.6. The van der Waals surface area contributed by atoms with Crippen LogP contribution in [0.4, 0.5) is 0 Å². The molecule has 0 radical (unpaired) electrons. The summed E-state index contributed by atoms with van der Waals surface area (Å²) in [6, 6.07) is 20.6. The molecule has 2 aromatic rings. The molecule has 7 heteroatoms. The van der Waals surface area contributed by atoms with Gasteiger partial charge in [-0.05, 0) is 89.2 Å². The summed E-state index contributed by atoms with van der Waals surface area (Å²) in [7, 11) is 0. The maximum atomic E-state index is 13.0. The van der Waals surface area contributed by atoms with Crippen molar-refractivity contribution < 1.29 is 23.9 Å². The van der Waals surface area contributed by atoms with Gasteiger partial charge >= 0.3 is 11.9 Å². The lowest BCUT2D eigenvalue weighted by Crippen LogP contribution is -2.35. The molecular formula is C40H56N2O5. The summed E-state index contributed by atoms with van der Waals surface area (Å²) in [4.78, 5) is 42.1. The lowest BCUT2D eigenvalue weighted by Gasteiger charge is -2.31. The van der Waals surface area contributed by atoms with E-state index < -0.39 is 11.2 Å². The zero-order valence-electron chi connectivity index (χ0n) is 30.0. The Morgan fingerprint density at radius 1 is 0.660 bits per heavy atom. The van der Waals surface area contributed by atoms with Gasteiger partial charge < -0.3 is 14.4 Å². The molecule has 2 aromatic carbocycles. The SMILES string of the molecule is CC(C)(C)OC(=O)CC1(C)CN(Cc2ccccc2)C(=O)C12CC2.CC(C)(C)OC(=O)CC1(C)CN(Cc2ccccc2)CC12CC2. The average molecular weight is 645 g/mol. The maximum absolute atomic E-state index is 13.0. The molecular weight excluding hydrogens is 588 g/mol. The molecule has 0 N–H and O–H groups in total. The van der Waals surface area contributed by atoms with E-state index in [9.17, 15) is 14.4 Å². The lowest BCUT2D eigenvalue weighted by atomic mass is 9.74. The van der Waals surface area contributed by atoms with E-state index in [4.69, 9.17) is 9.47 Å². The van der Waals surface area contributed by atoms with Gasteiger partial charge in [-0.25, -0.2) is 0 Å². The number of carbonyl (C=O) groups is 3. The van der Waals surface area contributed by atoms with E-state index in [2.05, 4.69) is 49.1 Å². The van der Waals surface area contributed by atoms with Crippen LogP contribution in [0.3, 0.4) is 0 Å². The number of esters is 2. The zero-order valence-corrected chi connectivity index (χ0v) is 30.0. The molecule has 2 saturated carbocycles. The largest absolute Gasteiger partial charge is 0.460 e. The molecule has 6 rings (SSSR count). The molecule has 47 heavy (non-hydrogen) atoms. The molecule has 2 spiro atoms. The highest BCUT2D eigenvalue weighted by Crippen LogP contribution is 2.65. The number of carbonyl (C=O) groups excluding carboxylic acids is 3. The molecule has 2 unspecified atom stereocenters. The average Bonchev–Trinajstić information content (AvgIpc) is 3.86. The predicted octanol–water partition coefficient (Wildman–Crippen LogP) is 7.57. The summed E-state index contributed by atoms with van der Waals surface area (Å²) in [5.41, 5.74) is 1.29. The van der Waals surface area contributed by atoms with Crippen molar-refractivity contribution in [3.63, 3.8) is 0 Å². The number of rotatable bonds is 8. The summed E-state index contributed by atoms with van der Waals surface area (Å²) in [6.07, 6.45) is 5.11. The molecule has 2 atom stereocenters. The minimum absolute atomic E-state index is 0.0457. The Balaban J connectivity index is 0.000000185. The molecule has 2 aliphatic carbocycles. The second-order valence-electron chi connectivity index (χ2n) is 17.3. The fraction of sp³-hybridized carbons (Fsp3) is 0.625. The van der Waals surface area contributed by atoms with Gasteiger partial charge in [0.05, 0.1) is 18.3 Å². The van der Waals surface area contributed by atoms with Crippen LogP contribution in [0, 0.1) is 21.7 Å². The first-order valence-corrected chi connectivity index (χ1v) is 17.4. The summed E-state index contributed by atoms with van der Waals surface area (Å²) < 4.78 is 11.1. The molecule has 1 amide bonds. The molecule has 4 fully saturated rings. The van der Waals surface area contributed by atoms with Crippen molar-refractivity contribution in [3.05, 3.63) is 71.8 Å². The fourth-order valence-corrected chi connectivity index (χ4v) is 8.14. The number of benzene rings is 2. The first kappa shape index (κ1) is 35.1. The normalized spacial score (nSPS) is 25.8. The van der Waals surface area contributed by atoms with E-state index in [1.807, 2.05) is 76.8 Å². The predicted molar refractivity (Wildman–Crippen MR) is 184 cm³/mol. The first-order chi connectivity index (χ1) is 21.9. The Labute approximate surface area is 282 Å². The molecule has 0 bridgehead atoms. The lowest BCUT2D eigenvalue weighted by molar-refractivity contribution is -0.159. The summed E-state index contributed by atoms with van der Waals surface area (Å²) in [5, 5.41) is 0. The number of likely N-dealkylation sites (tertiary alicyclic amines) is 2. The number of ether oxygens (including phenoxy) is 2. The Bertz CT molecular complexity index is 1430. The molecule has 2 heterocycles. The van der Waals surface area contributed by atoms with Crippen LogP contribution in [0.15, 0.2) is 60.7 Å². The summed E-state index contributed by atoms with van der Waals surface area (Å²) in [6.45, 7) is 20.1. The van der Waals surface area contributed by atoms with Gasteiger partial charge in [0.1, 0.15) is 11.2 Å². The Hall–Kier alpha value is -3.19. The number of hydrogen-bond acceptors (Lipinski definition) is 6. The van der Waals surface area contributed by atoms with E-state index in [0.29, 0.717) is 31.3 Å². The maximum Gasteiger partial charge on any atom is 0.306 e. The molecule has 7 nitrogen and oxygen atoms in total. The molecule has 4 aliphatic rings. The monoisotopic (exact) mass is 644 g/mol. The van der Waals surface area contributed by atoms with Crippen molar-refractivity contribution >= 4 is 17.8 Å². The molecule has 2 aliphatic heterocycles. The number of amides is 1. The highest BCUT2D eigenvalue weighted by molar-refractivity contribution is 5.90. The molecule has 0 aromatic heterocycles. The molecule has 256 valence electrons. The molecule has 2 saturated heterocycles. The fourth-order valence-electron chi connectivity index (χ4n) is 8.14. The van der Waals surface area contributed by atoms with Crippen LogP contribution in [-0.4, -0.2) is 58.5 Å². The van der Waals surface area contributed by atoms with E-state index in [1.54, 1.807) is 0 Å². The topological polar surface area (TPSA) is 76.1 Å². The van der Waals surface area contributed by atoms with Gasteiger partial charge in [0, 0.05) is 38.1 Å². The van der Waals surface area contributed by atoms with Crippen molar-refractivity contribution in [2.45, 2.75) is 118 Å². The third-order valence-corrected chi connectivity index (χ3v) is 10.7. The smallest absolute Gasteiger partial charge is 0.306 e. The Kier molecular flexibility index (Phi) is 9.48. The van der Waals surface area contributed by atoms with Gasteiger partial charge in [-0.2, -0.15) is 0 Å². The highest BCUT2D eigenvalue weighted by Gasteiger charge is 2.68. The summed E-state index contributed by atoms with van der Waals surface area (Å²) in [5.74, 6) is -0.0455. The van der Waals surface area contributed by atoms with E-state index in [1.165, 1.54) is 18.4 Å². The third kappa shape index (κ3) is 8.10. The van der Waals surface area contributed by atoms with Gasteiger partial charge in [0.15, 0.2) is 0 Å². The third-order valence-electron chi connectivity index (χ3n) is 10.7. The first-order valence-electron chi connectivity index (χ1n) is 17.4. The van der Waals surface area contributed by atoms with Crippen molar-refractivity contribution in [3.8, 4) is 0 Å². The van der Waals surface area contributed by atoms with E-state index in [-0.39, 0.29) is 34.1 Å². The minimum Gasteiger partial charge on any atom is -0.460 e. The summed E-state index contributed by atoms with van der Waals surface area (Å²) >= 11 is 0. The van der Waals surface area contributed by atoms with Gasteiger partial charge in [-0.15, -0.1) is 0 Å². The van der Waals surface area contributed by atoms with Crippen molar-refractivity contribution in [2.75, 3.05) is 19.6 Å². The zero-order chi connectivity index (χ0) is 34.3. The second-order valence-corrected chi connectivity index (χ2v) is 17.3. The second kappa shape index (κ2) is 12.7. The van der Waals surface area contributed by atoms with Crippen LogP contribution in [0.5, 0.6) is 0 Å². The van der Waals surface area contributed by atoms with Crippen LogP contribution in [-0.2, 0) is 36.9 Å². The van der Waals surface area contributed by atoms with Crippen molar-refractivity contribution in [1.82, 2.24) is 9.80 Å². The van der Waals surface area contributed by atoms with Gasteiger partial charge in [0.25, 0.3) is 0 Å². The van der Waals surface area contributed by atoms with Crippen LogP contribution >= 0.6 is 0 Å². The van der Waals surface area contributed by atoms with Crippen LogP contribution < -0.4 is 0 Å². The van der Waals surface area contributed by atoms with E-state index in [0.717, 1.165) is 38.0 Å². The van der Waals surface area contributed by atoms with Gasteiger partial charge in [-0.3, -0.25) is 19.3 Å². The van der Waals surface area contributed by atoms with E-state index >= 15 is 0 Å². The van der Waals surface area contributed by atoms with Crippen LogP contribution in [0.25, 0.3) is 0 Å².